The molecule has 1 saturated heterocycles. The first kappa shape index (κ1) is 19.8. The van der Waals surface area contributed by atoms with E-state index < -0.39 is 0 Å². The third kappa shape index (κ3) is 3.60. The number of aromatic amines is 1. The molecule has 1 amide bonds. The molecule has 158 valence electrons. The molecule has 2 aromatic carbocycles. The van der Waals surface area contributed by atoms with E-state index in [9.17, 15) is 9.18 Å². The third-order valence-electron chi connectivity index (χ3n) is 6.45. The Bertz CT molecular complexity index is 1140. The van der Waals surface area contributed by atoms with Gasteiger partial charge in [-0.15, -0.1) is 6.42 Å². The summed E-state index contributed by atoms with van der Waals surface area (Å²) in [6.45, 7) is 4.52. The molecule has 3 aromatic rings. The minimum atomic E-state index is -0.381. The number of carbonyl (C=O) groups is 1. The van der Waals surface area contributed by atoms with Gasteiger partial charge in [0.15, 0.2) is 0 Å². The Morgan fingerprint density at radius 3 is 2.61 bits per heavy atom. The standard InChI is InChI=1S/C25H25FN4O/c1-2-23(31)30-19(16-29-13-11-27-12-14-29)15-21-20-5-3-4-6-22(20)28-24(21)25(30)17-7-9-18(26)10-8-17/h1,3-10,19,25,27-28H,11-16H2/t19-,25+/m1/s1. The molecule has 2 atom stereocenters. The lowest BCUT2D eigenvalue weighted by atomic mass is 9.87. The molecule has 0 radical (unpaired) electrons. The zero-order valence-electron chi connectivity index (χ0n) is 17.3. The monoisotopic (exact) mass is 416 g/mol. The number of aromatic nitrogens is 1. The molecule has 2 aliphatic rings. The summed E-state index contributed by atoms with van der Waals surface area (Å²) in [4.78, 5) is 20.8. The maximum absolute atomic E-state index is 13.7. The number of para-hydroxylation sites is 1. The van der Waals surface area contributed by atoms with Crippen LogP contribution in [0, 0.1) is 18.2 Å². The molecule has 1 aromatic heterocycles. The lowest BCUT2D eigenvalue weighted by Gasteiger charge is -2.43. The second-order valence-electron chi connectivity index (χ2n) is 8.28. The van der Waals surface area contributed by atoms with Crippen LogP contribution in [0.5, 0.6) is 0 Å². The largest absolute Gasteiger partial charge is 0.356 e. The number of hydrogen-bond donors (Lipinski definition) is 2. The predicted molar refractivity (Wildman–Crippen MR) is 119 cm³/mol. The van der Waals surface area contributed by atoms with Crippen molar-refractivity contribution >= 4 is 16.8 Å². The van der Waals surface area contributed by atoms with Gasteiger partial charge in [-0.3, -0.25) is 9.69 Å². The molecule has 0 saturated carbocycles. The summed E-state index contributed by atoms with van der Waals surface area (Å²) in [6.07, 6.45) is 6.35. The van der Waals surface area contributed by atoms with E-state index in [1.165, 1.54) is 23.1 Å². The molecule has 1 fully saturated rings. The number of benzene rings is 2. The average molecular weight is 417 g/mol. The second kappa shape index (κ2) is 8.18. The van der Waals surface area contributed by atoms with Gasteiger partial charge in [0.05, 0.1) is 12.1 Å². The number of piperazine rings is 1. The van der Waals surface area contributed by atoms with Crippen LogP contribution in [0.2, 0.25) is 0 Å². The summed E-state index contributed by atoms with van der Waals surface area (Å²) < 4.78 is 13.7. The van der Waals surface area contributed by atoms with Crippen molar-refractivity contribution in [2.24, 2.45) is 0 Å². The SMILES string of the molecule is C#CC(=O)N1[C@@H](CN2CCNCC2)Cc2c([nH]c3ccccc23)[C@@H]1c1ccc(F)cc1. The molecule has 5 rings (SSSR count). The van der Waals surface area contributed by atoms with E-state index >= 15 is 0 Å². The van der Waals surface area contributed by atoms with Crippen molar-refractivity contribution in [1.82, 2.24) is 20.1 Å². The van der Waals surface area contributed by atoms with Crippen LogP contribution < -0.4 is 5.32 Å². The van der Waals surface area contributed by atoms with E-state index in [4.69, 9.17) is 6.42 Å². The second-order valence-corrected chi connectivity index (χ2v) is 8.28. The van der Waals surface area contributed by atoms with E-state index in [1.807, 2.05) is 23.1 Å². The van der Waals surface area contributed by atoms with Gasteiger partial charge in [0.1, 0.15) is 5.82 Å². The molecule has 0 bridgehead atoms. The zero-order valence-corrected chi connectivity index (χ0v) is 17.3. The minimum absolute atomic E-state index is 0.0663. The molecule has 0 spiro atoms. The van der Waals surface area contributed by atoms with Gasteiger partial charge in [-0.05, 0) is 41.7 Å². The van der Waals surface area contributed by atoms with E-state index in [1.54, 1.807) is 12.1 Å². The van der Waals surface area contributed by atoms with Crippen LogP contribution in [0.4, 0.5) is 4.39 Å². The normalized spacial score (nSPS) is 21.6. The van der Waals surface area contributed by atoms with Crippen LogP contribution in [0.3, 0.4) is 0 Å². The molecular formula is C25H25FN4O. The molecule has 2 N–H and O–H groups in total. The van der Waals surface area contributed by atoms with Gasteiger partial charge in [0.25, 0.3) is 5.91 Å². The van der Waals surface area contributed by atoms with E-state index in [-0.39, 0.29) is 23.8 Å². The van der Waals surface area contributed by atoms with Crippen LogP contribution >= 0.6 is 0 Å². The Labute approximate surface area is 181 Å². The first-order chi connectivity index (χ1) is 15.2. The highest BCUT2D eigenvalue weighted by Gasteiger charge is 2.40. The Kier molecular flexibility index (Phi) is 5.23. The zero-order chi connectivity index (χ0) is 21.4. The predicted octanol–water partition coefficient (Wildman–Crippen LogP) is 2.69. The lowest BCUT2D eigenvalue weighted by molar-refractivity contribution is -0.130. The van der Waals surface area contributed by atoms with Gasteiger partial charge < -0.3 is 15.2 Å². The third-order valence-corrected chi connectivity index (χ3v) is 6.45. The van der Waals surface area contributed by atoms with Crippen LogP contribution in [-0.4, -0.2) is 59.5 Å². The van der Waals surface area contributed by atoms with Crippen LogP contribution in [0.15, 0.2) is 48.5 Å². The van der Waals surface area contributed by atoms with Crippen molar-refractivity contribution in [3.63, 3.8) is 0 Å². The highest BCUT2D eigenvalue weighted by molar-refractivity contribution is 5.95. The molecule has 5 nitrogen and oxygen atoms in total. The number of rotatable bonds is 3. The highest BCUT2D eigenvalue weighted by atomic mass is 19.1. The Morgan fingerprint density at radius 2 is 1.87 bits per heavy atom. The van der Waals surface area contributed by atoms with Gasteiger partial charge in [-0.25, -0.2) is 4.39 Å². The quantitative estimate of drug-likeness (QED) is 0.646. The van der Waals surface area contributed by atoms with Crippen molar-refractivity contribution in [2.75, 3.05) is 32.7 Å². The topological polar surface area (TPSA) is 51.4 Å². The van der Waals surface area contributed by atoms with Gasteiger partial charge in [0, 0.05) is 49.3 Å². The van der Waals surface area contributed by atoms with E-state index in [0.29, 0.717) is 0 Å². The van der Waals surface area contributed by atoms with Crippen molar-refractivity contribution in [3.8, 4) is 12.3 Å². The number of fused-ring (bicyclic) bond motifs is 3. The molecule has 6 heteroatoms. The van der Waals surface area contributed by atoms with E-state index in [2.05, 4.69) is 27.2 Å². The number of halogens is 1. The number of amides is 1. The average Bonchev–Trinajstić information content (AvgIpc) is 3.17. The summed E-state index contributed by atoms with van der Waals surface area (Å²) in [5.74, 6) is 1.71. The maximum atomic E-state index is 13.7. The van der Waals surface area contributed by atoms with Gasteiger partial charge in [-0.2, -0.15) is 0 Å². The first-order valence-electron chi connectivity index (χ1n) is 10.7. The Hall–Kier alpha value is -3.14. The molecule has 31 heavy (non-hydrogen) atoms. The van der Waals surface area contributed by atoms with Gasteiger partial charge >= 0.3 is 0 Å². The molecule has 2 aliphatic heterocycles. The summed E-state index contributed by atoms with van der Waals surface area (Å²) in [7, 11) is 0. The summed E-state index contributed by atoms with van der Waals surface area (Å²) in [5.41, 5.74) is 4.07. The Morgan fingerprint density at radius 1 is 1.13 bits per heavy atom. The maximum Gasteiger partial charge on any atom is 0.299 e. The smallest absolute Gasteiger partial charge is 0.299 e. The van der Waals surface area contributed by atoms with Crippen molar-refractivity contribution in [1.29, 1.82) is 0 Å². The fraction of sp³-hybridized carbons (Fsp3) is 0.320. The van der Waals surface area contributed by atoms with Crippen molar-refractivity contribution in [2.45, 2.75) is 18.5 Å². The van der Waals surface area contributed by atoms with Crippen LogP contribution in [-0.2, 0) is 11.2 Å². The minimum Gasteiger partial charge on any atom is -0.356 e. The summed E-state index contributed by atoms with van der Waals surface area (Å²) in [6, 6.07) is 14.1. The number of nitrogens with one attached hydrogen (secondary N) is 2. The Balaban J connectivity index is 1.65. The first-order valence-corrected chi connectivity index (χ1v) is 10.7. The number of carbonyl (C=O) groups excluding carboxylic acids is 1. The lowest BCUT2D eigenvalue weighted by Crippen LogP contribution is -2.55. The molecule has 0 aliphatic carbocycles. The number of nitrogens with zero attached hydrogens (tertiary/aromatic N) is 2. The van der Waals surface area contributed by atoms with Crippen molar-refractivity contribution < 1.29 is 9.18 Å². The fourth-order valence-electron chi connectivity index (χ4n) is 5.03. The summed E-state index contributed by atoms with van der Waals surface area (Å²) in [5, 5.41) is 4.55. The molecule has 3 heterocycles. The van der Waals surface area contributed by atoms with Crippen LogP contribution in [0.1, 0.15) is 22.9 Å². The molecular weight excluding hydrogens is 391 g/mol. The number of H-pyrrole nitrogens is 1. The fourth-order valence-corrected chi connectivity index (χ4v) is 5.03. The molecule has 0 unspecified atom stereocenters. The number of terminal acetylenes is 1. The van der Waals surface area contributed by atoms with Crippen LogP contribution in [0.25, 0.3) is 10.9 Å². The summed E-state index contributed by atoms with van der Waals surface area (Å²) >= 11 is 0. The van der Waals surface area contributed by atoms with E-state index in [0.717, 1.165) is 55.9 Å². The van der Waals surface area contributed by atoms with Gasteiger partial charge in [0.2, 0.25) is 0 Å². The number of hydrogen-bond acceptors (Lipinski definition) is 3. The van der Waals surface area contributed by atoms with Gasteiger partial charge in [-0.1, -0.05) is 30.3 Å². The highest BCUT2D eigenvalue weighted by Crippen LogP contribution is 2.41. The van der Waals surface area contributed by atoms with Crippen molar-refractivity contribution in [3.05, 3.63) is 71.2 Å².